The highest BCUT2D eigenvalue weighted by atomic mass is 16.5. The number of hydrogen-bond acceptors (Lipinski definition) is 2. The van der Waals surface area contributed by atoms with Crippen LogP contribution >= 0.6 is 0 Å². The van der Waals surface area contributed by atoms with Crippen LogP contribution in [0, 0.1) is 11.3 Å². The Morgan fingerprint density at radius 1 is 1.50 bits per heavy atom. The van der Waals surface area contributed by atoms with E-state index in [0.29, 0.717) is 13.2 Å². The van der Waals surface area contributed by atoms with Gasteiger partial charge in [-0.1, -0.05) is 6.92 Å². The summed E-state index contributed by atoms with van der Waals surface area (Å²) in [7, 11) is 0. The summed E-state index contributed by atoms with van der Waals surface area (Å²) >= 11 is 0. The molecule has 0 unspecified atom stereocenters. The van der Waals surface area contributed by atoms with Crippen molar-refractivity contribution in [2.75, 3.05) is 6.61 Å². The van der Waals surface area contributed by atoms with Crippen LogP contribution in [0.2, 0.25) is 0 Å². The fraction of sp³-hybridized carbons (Fsp3) is 0.667. The number of imidazole rings is 1. The van der Waals surface area contributed by atoms with Gasteiger partial charge in [-0.05, 0) is 19.3 Å². The molecular weight excluding hydrogens is 202 g/mol. The van der Waals surface area contributed by atoms with Crippen molar-refractivity contribution in [2.24, 2.45) is 0 Å². The van der Waals surface area contributed by atoms with Crippen LogP contribution < -0.4 is 4.57 Å². The van der Waals surface area contributed by atoms with Crippen LogP contribution in [0.25, 0.3) is 0 Å². The number of H-pyrrole nitrogens is 1. The first-order valence-corrected chi connectivity index (χ1v) is 5.89. The molecule has 0 aliphatic rings. The number of rotatable bonds is 8. The Morgan fingerprint density at radius 2 is 2.38 bits per heavy atom. The van der Waals surface area contributed by atoms with Gasteiger partial charge in [-0.15, -0.1) is 0 Å². The molecule has 4 heteroatoms. The number of ether oxygens (including phenoxy) is 1. The van der Waals surface area contributed by atoms with Crippen molar-refractivity contribution in [1.29, 1.82) is 5.26 Å². The Bertz CT molecular complexity index is 327. The Balaban J connectivity index is 2.29. The fourth-order valence-corrected chi connectivity index (χ4v) is 1.54. The van der Waals surface area contributed by atoms with E-state index in [-0.39, 0.29) is 0 Å². The Hall–Kier alpha value is -1.34. The zero-order chi connectivity index (χ0) is 11.6. The first-order chi connectivity index (χ1) is 7.88. The van der Waals surface area contributed by atoms with Crippen LogP contribution in [0.3, 0.4) is 0 Å². The molecule has 1 N–H and O–H groups in total. The molecule has 0 atom stereocenters. The van der Waals surface area contributed by atoms with Crippen LogP contribution in [0.15, 0.2) is 12.4 Å². The molecule has 0 saturated carbocycles. The van der Waals surface area contributed by atoms with Crippen LogP contribution in [-0.2, 0) is 17.9 Å². The summed E-state index contributed by atoms with van der Waals surface area (Å²) in [4.78, 5) is 3.21. The fourth-order valence-electron chi connectivity index (χ4n) is 1.54. The first kappa shape index (κ1) is 12.7. The first-order valence-electron chi connectivity index (χ1n) is 5.89. The minimum absolute atomic E-state index is 0.616. The molecule has 1 rings (SSSR count). The van der Waals surface area contributed by atoms with Gasteiger partial charge in [0.05, 0.1) is 12.7 Å². The standard InChI is InChI=1S/C12H19N3O/c1-2-10-16-11-15-9-8-14-12(15)6-4-3-5-7-13/h8-9H,2-6,10-11H2,1H3/p+1. The number of aryl methyl sites for hydroxylation is 1. The lowest BCUT2D eigenvalue weighted by atomic mass is 10.2. The maximum atomic E-state index is 8.44. The van der Waals surface area contributed by atoms with Gasteiger partial charge in [-0.25, -0.2) is 9.55 Å². The molecule has 0 saturated heterocycles. The van der Waals surface area contributed by atoms with Gasteiger partial charge in [-0.2, -0.15) is 5.26 Å². The van der Waals surface area contributed by atoms with Crippen LogP contribution in [0.1, 0.15) is 38.4 Å². The summed E-state index contributed by atoms with van der Waals surface area (Å²) < 4.78 is 7.57. The number of nitrogens with zero attached hydrogens (tertiary/aromatic N) is 2. The second kappa shape index (κ2) is 7.89. The lowest BCUT2D eigenvalue weighted by Crippen LogP contribution is -2.37. The monoisotopic (exact) mass is 222 g/mol. The van der Waals surface area contributed by atoms with Crippen molar-refractivity contribution in [3.05, 3.63) is 18.2 Å². The molecule has 0 aliphatic heterocycles. The van der Waals surface area contributed by atoms with E-state index in [4.69, 9.17) is 10.00 Å². The average Bonchev–Trinajstić information content (AvgIpc) is 2.73. The Morgan fingerprint density at radius 3 is 3.12 bits per heavy atom. The minimum Gasteiger partial charge on any atom is -0.342 e. The van der Waals surface area contributed by atoms with Gasteiger partial charge in [0, 0.05) is 12.8 Å². The smallest absolute Gasteiger partial charge is 0.256 e. The van der Waals surface area contributed by atoms with Crippen molar-refractivity contribution < 1.29 is 9.30 Å². The van der Waals surface area contributed by atoms with Gasteiger partial charge < -0.3 is 4.74 Å². The minimum atomic E-state index is 0.616. The highest BCUT2D eigenvalue weighted by Crippen LogP contribution is 2.00. The summed E-state index contributed by atoms with van der Waals surface area (Å²) in [6, 6.07) is 2.16. The van der Waals surface area contributed by atoms with Crippen molar-refractivity contribution in [3.63, 3.8) is 0 Å². The highest BCUT2D eigenvalue weighted by Gasteiger charge is 2.09. The second-order valence-corrected chi connectivity index (χ2v) is 3.78. The molecule has 16 heavy (non-hydrogen) atoms. The van der Waals surface area contributed by atoms with E-state index >= 15 is 0 Å². The van der Waals surface area contributed by atoms with E-state index in [9.17, 15) is 0 Å². The van der Waals surface area contributed by atoms with Gasteiger partial charge in [-0.3, -0.25) is 0 Å². The SMILES string of the molecule is CCCOC[n+]1cc[nH]c1CCCCC#N. The van der Waals surface area contributed by atoms with Crippen molar-refractivity contribution in [3.8, 4) is 6.07 Å². The normalized spacial score (nSPS) is 10.2. The predicted molar refractivity (Wildman–Crippen MR) is 60.4 cm³/mol. The van der Waals surface area contributed by atoms with Crippen molar-refractivity contribution in [2.45, 2.75) is 45.8 Å². The van der Waals surface area contributed by atoms with Gasteiger partial charge in [0.15, 0.2) is 6.73 Å². The number of nitriles is 1. The molecule has 0 bridgehead atoms. The van der Waals surface area contributed by atoms with E-state index < -0.39 is 0 Å². The highest BCUT2D eigenvalue weighted by molar-refractivity contribution is 4.78. The molecule has 1 heterocycles. The van der Waals surface area contributed by atoms with Gasteiger partial charge >= 0.3 is 0 Å². The summed E-state index contributed by atoms with van der Waals surface area (Å²) in [6.07, 6.45) is 8.59. The number of unbranched alkanes of at least 4 members (excludes halogenated alkanes) is 2. The summed E-state index contributed by atoms with van der Waals surface area (Å²) in [5.41, 5.74) is 0. The molecule has 1 aromatic heterocycles. The third kappa shape index (κ3) is 4.45. The third-order valence-electron chi connectivity index (χ3n) is 2.38. The zero-order valence-electron chi connectivity index (χ0n) is 9.91. The van der Waals surface area contributed by atoms with Crippen molar-refractivity contribution in [1.82, 2.24) is 4.98 Å². The maximum Gasteiger partial charge on any atom is 0.256 e. The molecular formula is C12H20N3O+. The average molecular weight is 222 g/mol. The molecule has 0 fully saturated rings. The van der Waals surface area contributed by atoms with E-state index in [2.05, 4.69) is 22.5 Å². The van der Waals surface area contributed by atoms with E-state index in [1.165, 1.54) is 5.82 Å². The number of aromatic nitrogens is 2. The summed E-state index contributed by atoms with van der Waals surface area (Å²) in [6.45, 7) is 3.52. The third-order valence-corrected chi connectivity index (χ3v) is 2.38. The Labute approximate surface area is 96.9 Å². The lowest BCUT2D eigenvalue weighted by molar-refractivity contribution is -0.738. The van der Waals surface area contributed by atoms with Crippen LogP contribution in [0.4, 0.5) is 0 Å². The summed E-state index contributed by atoms with van der Waals surface area (Å²) in [5, 5.41) is 8.44. The molecule has 1 aromatic rings. The molecule has 0 aliphatic carbocycles. The molecule has 0 spiro atoms. The molecule has 88 valence electrons. The quantitative estimate of drug-likeness (QED) is 0.539. The van der Waals surface area contributed by atoms with Gasteiger partial charge in [0.25, 0.3) is 5.82 Å². The topological polar surface area (TPSA) is 52.7 Å². The zero-order valence-corrected chi connectivity index (χ0v) is 9.91. The van der Waals surface area contributed by atoms with Gasteiger partial charge in [0.2, 0.25) is 0 Å². The predicted octanol–water partition coefficient (Wildman–Crippen LogP) is 1.92. The Kier molecular flexibility index (Phi) is 6.28. The second-order valence-electron chi connectivity index (χ2n) is 3.78. The lowest BCUT2D eigenvalue weighted by Gasteiger charge is -2.01. The molecule has 4 nitrogen and oxygen atoms in total. The molecule has 0 amide bonds. The van der Waals surface area contributed by atoms with E-state index in [1.54, 1.807) is 0 Å². The van der Waals surface area contributed by atoms with Crippen LogP contribution in [0.5, 0.6) is 0 Å². The van der Waals surface area contributed by atoms with Crippen LogP contribution in [-0.4, -0.2) is 11.6 Å². The van der Waals surface area contributed by atoms with E-state index in [1.807, 2.05) is 12.4 Å². The largest absolute Gasteiger partial charge is 0.342 e. The summed E-state index contributed by atoms with van der Waals surface area (Å²) in [5.74, 6) is 1.18. The number of aromatic amines is 1. The van der Waals surface area contributed by atoms with Crippen molar-refractivity contribution >= 4 is 0 Å². The van der Waals surface area contributed by atoms with E-state index in [0.717, 1.165) is 32.3 Å². The molecule has 0 aromatic carbocycles. The number of nitrogens with one attached hydrogen (secondary N) is 1. The maximum absolute atomic E-state index is 8.44. The number of hydrogen-bond donors (Lipinski definition) is 1. The van der Waals surface area contributed by atoms with Gasteiger partial charge in [0.1, 0.15) is 12.4 Å². The molecule has 0 radical (unpaired) electrons.